The lowest BCUT2D eigenvalue weighted by Gasteiger charge is -2.06. The van der Waals surface area contributed by atoms with Crippen LogP contribution in [0.2, 0.25) is 0 Å². The van der Waals surface area contributed by atoms with Crippen molar-refractivity contribution in [3.8, 4) is 11.4 Å². The Balaban J connectivity index is 1.72. The van der Waals surface area contributed by atoms with Gasteiger partial charge in [-0.15, -0.1) is 15.3 Å². The van der Waals surface area contributed by atoms with Crippen molar-refractivity contribution in [1.29, 1.82) is 0 Å². The first-order chi connectivity index (χ1) is 11.7. The van der Waals surface area contributed by atoms with Crippen molar-refractivity contribution >= 4 is 17.2 Å². The quantitative estimate of drug-likeness (QED) is 0.620. The Morgan fingerprint density at radius 1 is 0.875 bits per heavy atom. The van der Waals surface area contributed by atoms with E-state index in [1.807, 2.05) is 43.3 Å². The number of halogens is 1. The van der Waals surface area contributed by atoms with Gasteiger partial charge in [0.15, 0.2) is 17.3 Å². The number of hydrogen-bond acceptors (Lipinski definition) is 4. The number of fused-ring (bicyclic) bond motifs is 1. The number of aryl methyl sites for hydroxylation is 1. The monoisotopic (exact) mass is 319 g/mol. The van der Waals surface area contributed by atoms with Gasteiger partial charge in [0.2, 0.25) is 0 Å². The second-order valence-corrected chi connectivity index (χ2v) is 5.51. The van der Waals surface area contributed by atoms with Gasteiger partial charge in [-0.05, 0) is 43.3 Å². The van der Waals surface area contributed by atoms with Crippen molar-refractivity contribution in [1.82, 2.24) is 19.8 Å². The maximum Gasteiger partial charge on any atom is 0.185 e. The predicted molar refractivity (Wildman–Crippen MR) is 90.6 cm³/mol. The first kappa shape index (κ1) is 14.3. The molecule has 0 fully saturated rings. The van der Waals surface area contributed by atoms with E-state index in [1.165, 1.54) is 17.7 Å². The van der Waals surface area contributed by atoms with Crippen LogP contribution in [-0.2, 0) is 0 Å². The summed E-state index contributed by atoms with van der Waals surface area (Å²) >= 11 is 0. The lowest BCUT2D eigenvalue weighted by molar-refractivity contribution is 0.628. The summed E-state index contributed by atoms with van der Waals surface area (Å²) in [5, 5.41) is 16.1. The zero-order chi connectivity index (χ0) is 16.5. The molecule has 0 saturated heterocycles. The molecule has 2 aromatic heterocycles. The van der Waals surface area contributed by atoms with Gasteiger partial charge in [-0.25, -0.2) is 4.39 Å². The van der Waals surface area contributed by atoms with Crippen molar-refractivity contribution < 1.29 is 4.39 Å². The van der Waals surface area contributed by atoms with Crippen molar-refractivity contribution in [3.05, 3.63) is 72.0 Å². The van der Waals surface area contributed by atoms with Gasteiger partial charge in [-0.3, -0.25) is 0 Å². The Bertz CT molecular complexity index is 990. The van der Waals surface area contributed by atoms with Crippen molar-refractivity contribution in [3.63, 3.8) is 0 Å². The normalized spacial score (nSPS) is 10.9. The highest BCUT2D eigenvalue weighted by molar-refractivity contribution is 5.61. The summed E-state index contributed by atoms with van der Waals surface area (Å²) in [7, 11) is 0. The Morgan fingerprint density at radius 2 is 1.62 bits per heavy atom. The van der Waals surface area contributed by atoms with Crippen LogP contribution < -0.4 is 5.32 Å². The van der Waals surface area contributed by atoms with Crippen molar-refractivity contribution in [2.45, 2.75) is 6.92 Å². The number of aromatic nitrogens is 4. The summed E-state index contributed by atoms with van der Waals surface area (Å²) in [6, 6.07) is 17.8. The van der Waals surface area contributed by atoms with E-state index >= 15 is 0 Å². The number of benzene rings is 2. The Labute approximate surface area is 137 Å². The molecular weight excluding hydrogens is 305 g/mol. The van der Waals surface area contributed by atoms with Crippen LogP contribution in [0.3, 0.4) is 0 Å². The van der Waals surface area contributed by atoms with Gasteiger partial charge in [0.1, 0.15) is 5.82 Å². The predicted octanol–water partition coefficient (Wildman–Crippen LogP) is 3.98. The Kier molecular flexibility index (Phi) is 3.42. The number of nitrogens with one attached hydrogen (secondary N) is 1. The molecule has 2 heterocycles. The van der Waals surface area contributed by atoms with E-state index in [9.17, 15) is 4.39 Å². The van der Waals surface area contributed by atoms with Gasteiger partial charge in [-0.1, -0.05) is 29.8 Å². The summed E-state index contributed by atoms with van der Waals surface area (Å²) in [6.07, 6.45) is 0. The van der Waals surface area contributed by atoms with Gasteiger partial charge in [-0.2, -0.15) is 4.52 Å². The number of anilines is 2. The zero-order valence-electron chi connectivity index (χ0n) is 12.9. The van der Waals surface area contributed by atoms with E-state index < -0.39 is 0 Å². The second-order valence-electron chi connectivity index (χ2n) is 5.51. The van der Waals surface area contributed by atoms with Crippen LogP contribution in [0.5, 0.6) is 0 Å². The third-order valence-electron chi connectivity index (χ3n) is 3.69. The molecule has 0 radical (unpaired) electrons. The van der Waals surface area contributed by atoms with E-state index in [-0.39, 0.29) is 5.82 Å². The average Bonchev–Trinajstić information content (AvgIpc) is 3.01. The first-order valence-electron chi connectivity index (χ1n) is 7.51. The van der Waals surface area contributed by atoms with Gasteiger partial charge in [0.05, 0.1) is 0 Å². The average molecular weight is 319 g/mol. The SMILES string of the molecule is Cc1ccc(-c2nnc3ccc(Nc4ccc(F)cc4)nn23)cc1. The molecule has 0 amide bonds. The fourth-order valence-corrected chi connectivity index (χ4v) is 2.42. The third-order valence-corrected chi connectivity index (χ3v) is 3.69. The summed E-state index contributed by atoms with van der Waals surface area (Å²) in [4.78, 5) is 0. The molecule has 24 heavy (non-hydrogen) atoms. The van der Waals surface area contributed by atoms with Crippen LogP contribution in [0.15, 0.2) is 60.7 Å². The third kappa shape index (κ3) is 2.69. The molecule has 0 saturated carbocycles. The Morgan fingerprint density at radius 3 is 2.38 bits per heavy atom. The minimum Gasteiger partial charge on any atom is -0.339 e. The maximum absolute atomic E-state index is 13.0. The van der Waals surface area contributed by atoms with E-state index in [2.05, 4.69) is 20.6 Å². The van der Waals surface area contributed by atoms with Crippen LogP contribution in [0.4, 0.5) is 15.9 Å². The van der Waals surface area contributed by atoms with Gasteiger partial charge >= 0.3 is 0 Å². The summed E-state index contributed by atoms with van der Waals surface area (Å²) < 4.78 is 14.7. The van der Waals surface area contributed by atoms with Gasteiger partial charge in [0, 0.05) is 11.3 Å². The summed E-state index contributed by atoms with van der Waals surface area (Å²) in [5.74, 6) is 1.03. The molecule has 0 bridgehead atoms. The molecule has 0 aliphatic carbocycles. The van der Waals surface area contributed by atoms with E-state index in [0.717, 1.165) is 11.3 Å². The van der Waals surface area contributed by atoms with Gasteiger partial charge < -0.3 is 5.32 Å². The lowest BCUT2D eigenvalue weighted by Crippen LogP contribution is -2.00. The molecule has 0 aliphatic rings. The molecule has 1 N–H and O–H groups in total. The van der Waals surface area contributed by atoms with Gasteiger partial charge in [0.25, 0.3) is 0 Å². The van der Waals surface area contributed by atoms with Crippen LogP contribution >= 0.6 is 0 Å². The first-order valence-corrected chi connectivity index (χ1v) is 7.51. The highest BCUT2D eigenvalue weighted by Crippen LogP contribution is 2.20. The molecule has 0 aliphatic heterocycles. The fourth-order valence-electron chi connectivity index (χ4n) is 2.42. The van der Waals surface area contributed by atoms with E-state index in [0.29, 0.717) is 17.3 Å². The lowest BCUT2D eigenvalue weighted by atomic mass is 10.1. The largest absolute Gasteiger partial charge is 0.339 e. The molecule has 0 atom stereocenters. The highest BCUT2D eigenvalue weighted by Gasteiger charge is 2.10. The Hall–Kier alpha value is -3.28. The number of hydrogen-bond donors (Lipinski definition) is 1. The van der Waals surface area contributed by atoms with Crippen LogP contribution in [0, 0.1) is 12.7 Å². The van der Waals surface area contributed by atoms with Crippen LogP contribution in [0.1, 0.15) is 5.56 Å². The van der Waals surface area contributed by atoms with Crippen molar-refractivity contribution in [2.24, 2.45) is 0 Å². The minimum atomic E-state index is -0.274. The molecule has 0 spiro atoms. The van der Waals surface area contributed by atoms with E-state index in [4.69, 9.17) is 0 Å². The molecule has 4 aromatic rings. The zero-order valence-corrected chi connectivity index (χ0v) is 12.9. The fraction of sp³-hybridized carbons (Fsp3) is 0.0556. The molecular formula is C18H14FN5. The molecule has 2 aromatic carbocycles. The smallest absolute Gasteiger partial charge is 0.185 e. The maximum atomic E-state index is 13.0. The summed E-state index contributed by atoms with van der Waals surface area (Å²) in [5.41, 5.74) is 3.54. The molecule has 118 valence electrons. The van der Waals surface area contributed by atoms with E-state index in [1.54, 1.807) is 16.6 Å². The van der Waals surface area contributed by atoms with Crippen molar-refractivity contribution in [2.75, 3.05) is 5.32 Å². The minimum absolute atomic E-state index is 0.274. The number of nitrogens with zero attached hydrogens (tertiary/aromatic N) is 4. The standard InChI is InChI=1S/C18H14FN5/c1-12-2-4-13(5-3-12)18-22-21-17-11-10-16(23-24(17)18)20-15-8-6-14(19)7-9-15/h2-11H,1H3,(H,20,23). The number of rotatable bonds is 3. The molecule has 6 heteroatoms. The highest BCUT2D eigenvalue weighted by atomic mass is 19.1. The molecule has 5 nitrogen and oxygen atoms in total. The summed E-state index contributed by atoms with van der Waals surface area (Å²) in [6.45, 7) is 2.04. The molecule has 0 unspecified atom stereocenters. The second kappa shape index (κ2) is 5.73. The van der Waals surface area contributed by atoms with Crippen LogP contribution in [0.25, 0.3) is 17.0 Å². The van der Waals surface area contributed by atoms with Crippen LogP contribution in [-0.4, -0.2) is 19.8 Å². The topological polar surface area (TPSA) is 55.1 Å². The molecule has 4 rings (SSSR count).